The molecule has 0 spiro atoms. The lowest BCUT2D eigenvalue weighted by Crippen LogP contribution is -2.47. The number of carbonyl (C=O) groups excluding carboxylic acids is 1. The lowest BCUT2D eigenvalue weighted by atomic mass is 10.0. The van der Waals surface area contributed by atoms with Crippen LogP contribution in [0.15, 0.2) is 18.2 Å². The predicted molar refractivity (Wildman–Crippen MR) is 90.9 cm³/mol. The van der Waals surface area contributed by atoms with E-state index in [1.54, 1.807) is 0 Å². The SMILES string of the molecule is CCCCC[C@@H](C)CNC(=S)NNC(=O)c1ccc(F)cc1F. The molecule has 0 aliphatic carbocycles. The summed E-state index contributed by atoms with van der Waals surface area (Å²) in [5.41, 5.74) is 4.53. The van der Waals surface area contributed by atoms with E-state index in [0.717, 1.165) is 18.6 Å². The van der Waals surface area contributed by atoms with E-state index in [1.165, 1.54) is 19.3 Å². The Morgan fingerprint density at radius 3 is 2.65 bits per heavy atom. The summed E-state index contributed by atoms with van der Waals surface area (Å²) in [4.78, 5) is 11.8. The molecule has 0 radical (unpaired) electrons. The van der Waals surface area contributed by atoms with Gasteiger partial charge >= 0.3 is 0 Å². The maximum absolute atomic E-state index is 13.4. The van der Waals surface area contributed by atoms with E-state index in [2.05, 4.69) is 30.0 Å². The van der Waals surface area contributed by atoms with Crippen LogP contribution in [-0.2, 0) is 0 Å². The molecule has 23 heavy (non-hydrogen) atoms. The highest BCUT2D eigenvalue weighted by Crippen LogP contribution is 2.09. The van der Waals surface area contributed by atoms with Gasteiger partial charge in [0.05, 0.1) is 5.56 Å². The molecule has 7 heteroatoms. The van der Waals surface area contributed by atoms with Crippen LogP contribution in [0.25, 0.3) is 0 Å². The summed E-state index contributed by atoms with van der Waals surface area (Å²) in [6.45, 7) is 4.97. The van der Waals surface area contributed by atoms with Crippen molar-refractivity contribution in [3.8, 4) is 0 Å². The van der Waals surface area contributed by atoms with Crippen molar-refractivity contribution < 1.29 is 13.6 Å². The molecule has 0 aliphatic rings. The Labute approximate surface area is 141 Å². The average molecular weight is 343 g/mol. The number of hydrazine groups is 1. The first-order valence-electron chi connectivity index (χ1n) is 7.73. The highest BCUT2D eigenvalue weighted by atomic mass is 32.1. The van der Waals surface area contributed by atoms with Crippen LogP contribution in [0.1, 0.15) is 49.9 Å². The fourth-order valence-electron chi connectivity index (χ4n) is 2.01. The van der Waals surface area contributed by atoms with E-state index in [9.17, 15) is 13.6 Å². The van der Waals surface area contributed by atoms with Gasteiger partial charge in [-0.2, -0.15) is 0 Å². The van der Waals surface area contributed by atoms with Crippen molar-refractivity contribution in [2.75, 3.05) is 6.54 Å². The molecule has 0 saturated carbocycles. The summed E-state index contributed by atoms with van der Waals surface area (Å²) in [5, 5.41) is 3.24. The van der Waals surface area contributed by atoms with Crippen molar-refractivity contribution in [2.24, 2.45) is 5.92 Å². The molecule has 1 aromatic rings. The molecule has 0 bridgehead atoms. The van der Waals surface area contributed by atoms with Gasteiger partial charge in [0.15, 0.2) is 5.11 Å². The second-order valence-electron chi connectivity index (χ2n) is 5.51. The molecule has 4 nitrogen and oxygen atoms in total. The van der Waals surface area contributed by atoms with Crippen molar-refractivity contribution in [1.29, 1.82) is 0 Å². The minimum atomic E-state index is -0.923. The smallest absolute Gasteiger partial charge is 0.272 e. The van der Waals surface area contributed by atoms with Crippen molar-refractivity contribution >= 4 is 23.2 Å². The van der Waals surface area contributed by atoms with Crippen LogP contribution in [0.5, 0.6) is 0 Å². The largest absolute Gasteiger partial charge is 0.361 e. The summed E-state index contributed by atoms with van der Waals surface area (Å²) in [7, 11) is 0. The normalized spacial score (nSPS) is 11.7. The van der Waals surface area contributed by atoms with Gasteiger partial charge in [0, 0.05) is 12.6 Å². The molecule has 0 fully saturated rings. The number of benzene rings is 1. The Morgan fingerprint density at radius 2 is 2.00 bits per heavy atom. The Bertz CT molecular complexity index is 540. The first kappa shape index (κ1) is 19.3. The summed E-state index contributed by atoms with van der Waals surface area (Å²) in [5.74, 6) is -1.91. The van der Waals surface area contributed by atoms with Gasteiger partial charge in [-0.05, 0) is 36.7 Å². The molecule has 128 valence electrons. The van der Waals surface area contributed by atoms with Gasteiger partial charge in [-0.1, -0.05) is 33.1 Å². The lowest BCUT2D eigenvalue weighted by Gasteiger charge is -2.15. The zero-order valence-corrected chi connectivity index (χ0v) is 14.2. The standard InChI is InChI=1S/C16H23F2N3OS/c1-3-4-5-6-11(2)10-19-16(23)21-20-15(22)13-8-7-12(17)9-14(13)18/h7-9,11H,3-6,10H2,1-2H3,(H,20,22)(H2,19,21,23)/t11-/m1/s1. The molecule has 3 N–H and O–H groups in total. The Kier molecular flexibility index (Phi) is 8.47. The fourth-order valence-corrected chi connectivity index (χ4v) is 2.14. The Balaban J connectivity index is 2.31. The summed E-state index contributed by atoms with van der Waals surface area (Å²) >= 11 is 5.04. The van der Waals surface area contributed by atoms with E-state index in [1.807, 2.05) is 0 Å². The molecule has 0 heterocycles. The molecule has 1 rings (SSSR count). The van der Waals surface area contributed by atoms with Crippen LogP contribution < -0.4 is 16.2 Å². The van der Waals surface area contributed by atoms with Crippen LogP contribution in [0.3, 0.4) is 0 Å². The minimum absolute atomic E-state index is 0.253. The minimum Gasteiger partial charge on any atom is -0.361 e. The topological polar surface area (TPSA) is 53.2 Å². The van der Waals surface area contributed by atoms with Gasteiger partial charge in [-0.25, -0.2) is 8.78 Å². The summed E-state index contributed by atoms with van der Waals surface area (Å²) < 4.78 is 26.2. The third-order valence-corrected chi connectivity index (χ3v) is 3.62. The molecular formula is C16H23F2N3OS. The lowest BCUT2D eigenvalue weighted by molar-refractivity contribution is 0.0939. The first-order chi connectivity index (χ1) is 10.9. The second-order valence-corrected chi connectivity index (χ2v) is 5.92. The monoisotopic (exact) mass is 343 g/mol. The highest BCUT2D eigenvalue weighted by molar-refractivity contribution is 7.80. The van der Waals surface area contributed by atoms with Crippen molar-refractivity contribution in [1.82, 2.24) is 16.2 Å². The zero-order chi connectivity index (χ0) is 17.2. The maximum Gasteiger partial charge on any atom is 0.272 e. The number of nitrogens with one attached hydrogen (secondary N) is 3. The number of unbranched alkanes of at least 4 members (excludes halogenated alkanes) is 2. The molecule has 1 amide bonds. The second kappa shape index (κ2) is 10.1. The highest BCUT2D eigenvalue weighted by Gasteiger charge is 2.12. The van der Waals surface area contributed by atoms with Crippen molar-refractivity contribution in [3.63, 3.8) is 0 Å². The van der Waals surface area contributed by atoms with Gasteiger partial charge in [0.1, 0.15) is 11.6 Å². The van der Waals surface area contributed by atoms with Crippen LogP contribution >= 0.6 is 12.2 Å². The van der Waals surface area contributed by atoms with E-state index in [0.29, 0.717) is 18.5 Å². The number of hydrogen-bond donors (Lipinski definition) is 3. The van der Waals surface area contributed by atoms with Gasteiger partial charge < -0.3 is 5.32 Å². The number of thiocarbonyl (C=S) groups is 1. The van der Waals surface area contributed by atoms with E-state index >= 15 is 0 Å². The molecule has 0 unspecified atom stereocenters. The van der Waals surface area contributed by atoms with E-state index < -0.39 is 17.5 Å². The fraction of sp³-hybridized carbons (Fsp3) is 0.500. The zero-order valence-electron chi connectivity index (χ0n) is 13.4. The Hall–Kier alpha value is -1.76. The quantitative estimate of drug-likeness (QED) is 0.404. The van der Waals surface area contributed by atoms with Gasteiger partial charge in [-0.3, -0.25) is 15.6 Å². The van der Waals surface area contributed by atoms with E-state index in [4.69, 9.17) is 12.2 Å². The first-order valence-corrected chi connectivity index (χ1v) is 8.14. The van der Waals surface area contributed by atoms with Crippen LogP contribution in [0.2, 0.25) is 0 Å². The van der Waals surface area contributed by atoms with Crippen LogP contribution in [-0.4, -0.2) is 17.6 Å². The Morgan fingerprint density at radius 1 is 1.26 bits per heavy atom. The molecule has 0 aliphatic heterocycles. The molecule has 0 aromatic heterocycles. The predicted octanol–water partition coefficient (Wildman–Crippen LogP) is 3.29. The summed E-state index contributed by atoms with van der Waals surface area (Å²) in [6, 6.07) is 2.75. The van der Waals surface area contributed by atoms with Gasteiger partial charge in [0.25, 0.3) is 5.91 Å². The number of amides is 1. The van der Waals surface area contributed by atoms with Crippen LogP contribution in [0.4, 0.5) is 8.78 Å². The molecule has 0 saturated heterocycles. The molecule has 1 aromatic carbocycles. The average Bonchev–Trinajstić information content (AvgIpc) is 2.51. The van der Waals surface area contributed by atoms with Crippen molar-refractivity contribution in [3.05, 3.63) is 35.4 Å². The number of rotatable bonds is 7. The third kappa shape index (κ3) is 7.36. The molecule has 1 atom stereocenters. The third-order valence-electron chi connectivity index (χ3n) is 3.38. The number of hydrogen-bond acceptors (Lipinski definition) is 2. The van der Waals surface area contributed by atoms with Gasteiger partial charge in [-0.15, -0.1) is 0 Å². The maximum atomic E-state index is 13.4. The summed E-state index contributed by atoms with van der Waals surface area (Å²) in [6.07, 6.45) is 4.69. The van der Waals surface area contributed by atoms with E-state index in [-0.39, 0.29) is 10.7 Å². The van der Waals surface area contributed by atoms with Crippen LogP contribution in [0, 0.1) is 17.6 Å². The van der Waals surface area contributed by atoms with Crippen molar-refractivity contribution in [2.45, 2.75) is 39.5 Å². The number of halogens is 2. The molecular weight excluding hydrogens is 320 g/mol. The number of carbonyl (C=O) groups is 1. The van der Waals surface area contributed by atoms with Gasteiger partial charge in [0.2, 0.25) is 0 Å².